The highest BCUT2D eigenvalue weighted by atomic mass is 19.1. The van der Waals surface area contributed by atoms with Crippen molar-refractivity contribution < 1.29 is 24.1 Å². The third kappa shape index (κ3) is 5.55. The van der Waals surface area contributed by atoms with Gasteiger partial charge in [0.1, 0.15) is 24.6 Å². The van der Waals surface area contributed by atoms with Crippen molar-refractivity contribution in [2.45, 2.75) is 25.2 Å². The predicted molar refractivity (Wildman–Crippen MR) is 91.3 cm³/mol. The molecule has 0 bridgehead atoms. The lowest BCUT2D eigenvalue weighted by molar-refractivity contribution is 0.0136. The molecule has 0 heterocycles. The molecule has 0 aliphatic carbocycles. The highest BCUT2D eigenvalue weighted by Crippen LogP contribution is 2.21. The van der Waals surface area contributed by atoms with Crippen LogP contribution < -0.4 is 5.32 Å². The third-order valence-corrected chi connectivity index (χ3v) is 3.74. The van der Waals surface area contributed by atoms with E-state index in [1.54, 1.807) is 6.07 Å². The molecule has 2 aromatic rings. The highest BCUT2D eigenvalue weighted by Gasteiger charge is 2.19. The number of ether oxygens (including phenoxy) is 1. The zero-order valence-electron chi connectivity index (χ0n) is 13.9. The van der Waals surface area contributed by atoms with Gasteiger partial charge in [-0.3, -0.25) is 0 Å². The van der Waals surface area contributed by atoms with Crippen LogP contribution in [0.25, 0.3) is 0 Å². The van der Waals surface area contributed by atoms with Crippen LogP contribution in [0.15, 0.2) is 48.5 Å². The molecule has 0 saturated heterocycles. The zero-order valence-corrected chi connectivity index (χ0v) is 13.9. The monoisotopic (exact) mass is 358 g/mol. The summed E-state index contributed by atoms with van der Waals surface area (Å²) in [7, 11) is 0. The summed E-state index contributed by atoms with van der Waals surface area (Å²) in [4.78, 5) is 11.6. The summed E-state index contributed by atoms with van der Waals surface area (Å²) in [6, 6.07) is 14.4. The number of alkyl carbamates (subject to hydrolysis) is 1. The number of nitrogens with one attached hydrogen (secondary N) is 1. The van der Waals surface area contributed by atoms with Gasteiger partial charge in [-0.05, 0) is 29.7 Å². The van der Waals surface area contributed by atoms with Crippen molar-refractivity contribution in [1.82, 2.24) is 5.32 Å². The summed E-state index contributed by atoms with van der Waals surface area (Å²) in [5, 5.41) is 31.4. The van der Waals surface area contributed by atoms with Crippen LogP contribution in [0, 0.1) is 17.1 Å². The van der Waals surface area contributed by atoms with Crippen molar-refractivity contribution in [1.29, 1.82) is 5.26 Å². The van der Waals surface area contributed by atoms with Gasteiger partial charge >= 0.3 is 6.09 Å². The van der Waals surface area contributed by atoms with Crippen molar-refractivity contribution in [3.63, 3.8) is 0 Å². The third-order valence-electron chi connectivity index (χ3n) is 3.74. The van der Waals surface area contributed by atoms with Crippen molar-refractivity contribution in [2.75, 3.05) is 6.54 Å². The molecule has 0 aliphatic heterocycles. The molecule has 7 heteroatoms. The van der Waals surface area contributed by atoms with Gasteiger partial charge in [-0.2, -0.15) is 5.26 Å². The average Bonchev–Trinajstić information content (AvgIpc) is 2.67. The van der Waals surface area contributed by atoms with E-state index < -0.39 is 24.1 Å². The Labute approximate surface area is 150 Å². The van der Waals surface area contributed by atoms with Gasteiger partial charge in [-0.15, -0.1) is 0 Å². The minimum absolute atomic E-state index is 0.0564. The summed E-state index contributed by atoms with van der Waals surface area (Å²) in [5.74, 6) is -0.694. The Morgan fingerprint density at radius 2 is 1.96 bits per heavy atom. The van der Waals surface area contributed by atoms with Crippen molar-refractivity contribution >= 4 is 6.09 Å². The molecule has 0 fully saturated rings. The summed E-state index contributed by atoms with van der Waals surface area (Å²) in [6.45, 7) is 0.211. The SMILES string of the molecule is N#Cc1cc(C(O)C(O)CCNC(=O)OCc2ccccc2)ccc1F. The Balaban J connectivity index is 1.76. The summed E-state index contributed by atoms with van der Waals surface area (Å²) < 4.78 is 18.3. The van der Waals surface area contributed by atoms with Gasteiger partial charge in [0.25, 0.3) is 0 Å². The number of carbonyl (C=O) groups excluding carboxylic acids is 1. The normalized spacial score (nSPS) is 12.7. The maximum atomic E-state index is 13.3. The van der Waals surface area contributed by atoms with E-state index in [9.17, 15) is 19.4 Å². The van der Waals surface area contributed by atoms with Crippen LogP contribution in [-0.4, -0.2) is 29.0 Å². The second-order valence-electron chi connectivity index (χ2n) is 5.64. The van der Waals surface area contributed by atoms with Crippen LogP contribution in [0.5, 0.6) is 0 Å². The Bertz CT molecular complexity index is 777. The van der Waals surface area contributed by atoms with E-state index in [1.165, 1.54) is 12.1 Å². The first-order valence-electron chi connectivity index (χ1n) is 8.01. The molecule has 0 aromatic heterocycles. The first kappa shape index (κ1) is 19.4. The molecular weight excluding hydrogens is 339 g/mol. The van der Waals surface area contributed by atoms with E-state index in [1.807, 2.05) is 30.3 Å². The fourth-order valence-corrected chi connectivity index (χ4v) is 2.29. The predicted octanol–water partition coefficient (Wildman–Crippen LogP) is 2.41. The zero-order chi connectivity index (χ0) is 18.9. The Morgan fingerprint density at radius 3 is 2.65 bits per heavy atom. The lowest BCUT2D eigenvalue weighted by Crippen LogP contribution is -2.29. The molecule has 26 heavy (non-hydrogen) atoms. The van der Waals surface area contributed by atoms with Gasteiger partial charge in [0.2, 0.25) is 0 Å². The van der Waals surface area contributed by atoms with Crippen LogP contribution in [-0.2, 0) is 11.3 Å². The van der Waals surface area contributed by atoms with E-state index in [4.69, 9.17) is 10.00 Å². The number of hydrogen-bond acceptors (Lipinski definition) is 5. The number of halogens is 1. The molecule has 3 N–H and O–H groups in total. The number of aliphatic hydroxyl groups excluding tert-OH is 2. The van der Waals surface area contributed by atoms with Crippen LogP contribution in [0.3, 0.4) is 0 Å². The molecule has 2 atom stereocenters. The number of nitriles is 1. The van der Waals surface area contributed by atoms with E-state index in [0.717, 1.165) is 11.6 Å². The topological polar surface area (TPSA) is 103 Å². The van der Waals surface area contributed by atoms with Crippen molar-refractivity contribution in [3.05, 3.63) is 71.0 Å². The van der Waals surface area contributed by atoms with Gasteiger partial charge in [-0.25, -0.2) is 9.18 Å². The van der Waals surface area contributed by atoms with E-state index >= 15 is 0 Å². The number of carbonyl (C=O) groups is 1. The van der Waals surface area contributed by atoms with Gasteiger partial charge < -0.3 is 20.3 Å². The van der Waals surface area contributed by atoms with Crippen molar-refractivity contribution in [3.8, 4) is 6.07 Å². The highest BCUT2D eigenvalue weighted by molar-refractivity contribution is 5.67. The van der Waals surface area contributed by atoms with Gasteiger partial charge in [0.15, 0.2) is 0 Å². The minimum atomic E-state index is -1.30. The number of benzene rings is 2. The number of aliphatic hydroxyl groups is 2. The van der Waals surface area contributed by atoms with E-state index in [0.29, 0.717) is 0 Å². The molecular formula is C19H19FN2O4. The summed E-state index contributed by atoms with van der Waals surface area (Å²) >= 11 is 0. The second-order valence-corrected chi connectivity index (χ2v) is 5.64. The second kappa shape index (κ2) is 9.51. The van der Waals surface area contributed by atoms with Crippen LogP contribution in [0.2, 0.25) is 0 Å². The molecule has 0 radical (unpaired) electrons. The lowest BCUT2D eigenvalue weighted by Gasteiger charge is -2.18. The number of hydrogen-bond donors (Lipinski definition) is 3. The Kier molecular flexibility index (Phi) is 7.09. The minimum Gasteiger partial charge on any atom is -0.445 e. The van der Waals surface area contributed by atoms with Crippen LogP contribution in [0.1, 0.15) is 29.2 Å². The molecule has 2 rings (SSSR count). The summed E-state index contributed by atoms with van der Waals surface area (Å²) in [6.07, 6.45) is -3.07. The fraction of sp³-hybridized carbons (Fsp3) is 0.263. The molecule has 2 unspecified atom stereocenters. The van der Waals surface area contributed by atoms with Gasteiger partial charge in [0.05, 0.1) is 11.7 Å². The first-order valence-corrected chi connectivity index (χ1v) is 8.01. The van der Waals surface area contributed by atoms with Crippen LogP contribution >= 0.6 is 0 Å². The smallest absolute Gasteiger partial charge is 0.407 e. The number of nitrogens with zero attached hydrogens (tertiary/aromatic N) is 1. The van der Waals surface area contributed by atoms with Crippen LogP contribution in [0.4, 0.5) is 9.18 Å². The Morgan fingerprint density at radius 1 is 1.23 bits per heavy atom. The quantitative estimate of drug-likeness (QED) is 0.705. The molecule has 136 valence electrons. The standard InChI is InChI=1S/C19H19FN2O4/c20-16-7-6-14(10-15(16)11-21)18(24)17(23)8-9-22-19(25)26-12-13-4-2-1-3-5-13/h1-7,10,17-18,23-24H,8-9,12H2,(H,22,25). The molecule has 1 amide bonds. The molecule has 2 aromatic carbocycles. The lowest BCUT2D eigenvalue weighted by atomic mass is 10.00. The van der Waals surface area contributed by atoms with Crippen molar-refractivity contribution in [2.24, 2.45) is 0 Å². The summed E-state index contributed by atoms with van der Waals surface area (Å²) in [5.41, 5.74) is 0.862. The molecule has 6 nitrogen and oxygen atoms in total. The first-order chi connectivity index (χ1) is 12.5. The largest absolute Gasteiger partial charge is 0.445 e. The maximum absolute atomic E-state index is 13.3. The Hall–Kier alpha value is -2.95. The van der Waals surface area contributed by atoms with E-state index in [-0.39, 0.29) is 30.7 Å². The maximum Gasteiger partial charge on any atom is 0.407 e. The molecule has 0 spiro atoms. The molecule has 0 saturated carbocycles. The fourth-order valence-electron chi connectivity index (χ4n) is 2.29. The number of amides is 1. The number of rotatable bonds is 7. The van der Waals surface area contributed by atoms with E-state index in [2.05, 4.69) is 5.32 Å². The van der Waals surface area contributed by atoms with Gasteiger partial charge in [0, 0.05) is 6.54 Å². The molecule has 0 aliphatic rings. The van der Waals surface area contributed by atoms with Gasteiger partial charge in [-0.1, -0.05) is 36.4 Å². The average molecular weight is 358 g/mol.